The highest BCUT2D eigenvalue weighted by Gasteiger charge is 3.02. The molecule has 0 bridgehead atoms. The molecule has 0 aromatic heterocycles. The molecule has 12 saturated carbocycles. The number of hydrogen-bond acceptors (Lipinski definition) is 1. The van der Waals surface area contributed by atoms with Gasteiger partial charge in [-0.15, -0.1) is 0 Å². The van der Waals surface area contributed by atoms with Crippen molar-refractivity contribution in [1.82, 2.24) is 0 Å². The first-order chi connectivity index (χ1) is 10.9. The van der Waals surface area contributed by atoms with E-state index in [1.165, 1.54) is 23.7 Å². The summed E-state index contributed by atoms with van der Waals surface area (Å²) in [6.45, 7) is 0. The topological polar surface area (TPSA) is 23.8 Å². The summed E-state index contributed by atoms with van der Waals surface area (Å²) in [5.74, 6) is 21.1. The predicted octanol–water partition coefficient (Wildman–Crippen LogP) is 2.35. The fraction of sp³-hybridized carbons (Fsp3) is 0.952. The molecule has 0 N–H and O–H groups in total. The Bertz CT molecular complexity index is 691. The van der Waals surface area contributed by atoms with Crippen molar-refractivity contribution in [3.05, 3.63) is 0 Å². The minimum absolute atomic E-state index is 0.248. The standard InChI is InChI=1S/C21H19N/c22-1-21-18-12-6-3-2-4-8(6)14(18)16-10(4)11-5(2)9-7(3)13(12)19(21)15(9)17(11)20(16)21/h2-20H/t2?,3?,4?,5?,6-,7-,8-,9+,10+,11+,12-,13+,14-,15+,16-,17-,18?,19?,20?,21?/m0/s1. The third-order valence-corrected chi connectivity index (χ3v) is 13.7. The van der Waals surface area contributed by atoms with Crippen molar-refractivity contribution in [3.63, 3.8) is 0 Å². The van der Waals surface area contributed by atoms with E-state index in [2.05, 4.69) is 6.07 Å². The maximum absolute atomic E-state index is 10.5. The summed E-state index contributed by atoms with van der Waals surface area (Å²) in [7, 11) is 0. The van der Waals surface area contributed by atoms with E-state index in [1.54, 1.807) is 0 Å². The molecule has 12 aliphatic carbocycles. The Morgan fingerprint density at radius 2 is 0.636 bits per heavy atom. The summed E-state index contributed by atoms with van der Waals surface area (Å²) in [6.07, 6.45) is 0. The molecule has 8 unspecified atom stereocenters. The molecule has 22 heavy (non-hydrogen) atoms. The zero-order valence-electron chi connectivity index (χ0n) is 12.4. The summed E-state index contributed by atoms with van der Waals surface area (Å²) in [5.41, 5.74) is 0.248. The van der Waals surface area contributed by atoms with Crippen LogP contribution in [0, 0.1) is 129 Å². The molecule has 0 saturated heterocycles. The van der Waals surface area contributed by atoms with Crippen LogP contribution in [0.4, 0.5) is 0 Å². The molecule has 108 valence electrons. The van der Waals surface area contributed by atoms with Crippen LogP contribution in [-0.4, -0.2) is 0 Å². The lowest BCUT2D eigenvalue weighted by Crippen LogP contribution is -2.34. The number of rotatable bonds is 0. The number of nitrogens with zero attached hydrogens (tertiary/aromatic N) is 1. The first kappa shape index (κ1) is 9.10. The highest BCUT2D eigenvalue weighted by molar-refractivity contribution is 5.50. The van der Waals surface area contributed by atoms with Crippen molar-refractivity contribution in [3.8, 4) is 6.07 Å². The van der Waals surface area contributed by atoms with Crippen LogP contribution in [0.2, 0.25) is 0 Å². The van der Waals surface area contributed by atoms with Crippen LogP contribution in [0.25, 0.3) is 0 Å². The zero-order chi connectivity index (χ0) is 13.2. The molecule has 0 aromatic rings. The molecule has 0 spiro atoms. The van der Waals surface area contributed by atoms with E-state index in [0.717, 1.165) is 88.8 Å². The van der Waals surface area contributed by atoms with Crippen LogP contribution in [0.15, 0.2) is 0 Å². The zero-order valence-corrected chi connectivity index (χ0v) is 12.4. The van der Waals surface area contributed by atoms with Crippen LogP contribution in [0.5, 0.6) is 0 Å². The Labute approximate surface area is 129 Å². The van der Waals surface area contributed by atoms with Crippen molar-refractivity contribution in [2.75, 3.05) is 0 Å². The van der Waals surface area contributed by atoms with Gasteiger partial charge in [-0.2, -0.15) is 5.26 Å². The first-order valence-electron chi connectivity index (χ1n) is 10.3. The Morgan fingerprint density at radius 3 is 0.864 bits per heavy atom. The SMILES string of the molecule is N#CC12C3[C@@H]4[C@@H]5C6C7C8[C@@H]5[C@@H]3[C@H]3C1[C@H]1[C@@H](C7[C@@H]5[C@@H]6[C@@H]4C2[C@@H]51)[C@H]83. The van der Waals surface area contributed by atoms with E-state index in [0.29, 0.717) is 0 Å². The molecule has 20 atom stereocenters. The van der Waals surface area contributed by atoms with Gasteiger partial charge in [0, 0.05) is 0 Å². The molecule has 12 rings (SSSR count). The number of nitriles is 1. The van der Waals surface area contributed by atoms with Gasteiger partial charge in [0.1, 0.15) is 0 Å². The Morgan fingerprint density at radius 1 is 0.409 bits per heavy atom. The van der Waals surface area contributed by atoms with Gasteiger partial charge in [0.05, 0.1) is 11.5 Å². The Balaban J connectivity index is 1.48. The van der Waals surface area contributed by atoms with Crippen LogP contribution in [-0.2, 0) is 0 Å². The molecule has 0 aromatic carbocycles. The van der Waals surface area contributed by atoms with Crippen molar-refractivity contribution < 1.29 is 0 Å². The highest BCUT2D eigenvalue weighted by Crippen LogP contribution is 3.04. The second-order valence-electron chi connectivity index (χ2n) is 11.9. The molecule has 1 heteroatoms. The fourth-order valence-electron chi connectivity index (χ4n) is 15.7. The maximum Gasteiger partial charge on any atom is 0.0699 e. The maximum atomic E-state index is 10.5. The summed E-state index contributed by atoms with van der Waals surface area (Å²) < 4.78 is 0. The van der Waals surface area contributed by atoms with Crippen LogP contribution >= 0.6 is 0 Å². The molecule has 12 aliphatic rings. The van der Waals surface area contributed by atoms with E-state index in [9.17, 15) is 5.26 Å². The van der Waals surface area contributed by atoms with Gasteiger partial charge in [-0.05, 0) is 112 Å². The lowest BCUT2D eigenvalue weighted by molar-refractivity contribution is 0.142. The smallest absolute Gasteiger partial charge is 0.0699 e. The van der Waals surface area contributed by atoms with Gasteiger partial charge in [0.25, 0.3) is 0 Å². The second kappa shape index (κ2) is 1.93. The van der Waals surface area contributed by atoms with Gasteiger partial charge in [-0.25, -0.2) is 0 Å². The van der Waals surface area contributed by atoms with Gasteiger partial charge in [0.2, 0.25) is 0 Å². The molecule has 0 heterocycles. The Hall–Kier alpha value is -0.510. The van der Waals surface area contributed by atoms with Gasteiger partial charge in [-0.1, -0.05) is 0 Å². The molecular formula is C21H19N. The van der Waals surface area contributed by atoms with Crippen LogP contribution < -0.4 is 0 Å². The lowest BCUT2D eigenvalue weighted by Gasteiger charge is -2.33. The highest BCUT2D eigenvalue weighted by atomic mass is 15.1. The van der Waals surface area contributed by atoms with Crippen LogP contribution in [0.3, 0.4) is 0 Å². The predicted molar refractivity (Wildman–Crippen MR) is 74.4 cm³/mol. The first-order valence-corrected chi connectivity index (χ1v) is 10.3. The van der Waals surface area contributed by atoms with Crippen molar-refractivity contribution in [2.24, 2.45) is 118 Å². The monoisotopic (exact) mass is 285 g/mol. The summed E-state index contributed by atoms with van der Waals surface area (Å²) in [6, 6.07) is 3.16. The third kappa shape index (κ3) is 0.404. The molecule has 12 fully saturated rings. The van der Waals surface area contributed by atoms with Gasteiger partial charge >= 0.3 is 0 Å². The number of hydrogen-bond donors (Lipinski definition) is 0. The molecule has 1 nitrogen and oxygen atoms in total. The van der Waals surface area contributed by atoms with Gasteiger partial charge < -0.3 is 0 Å². The van der Waals surface area contributed by atoms with Gasteiger partial charge in [0.15, 0.2) is 0 Å². The lowest BCUT2D eigenvalue weighted by atomic mass is 9.67. The van der Waals surface area contributed by atoms with E-state index in [1.807, 2.05) is 0 Å². The Kier molecular flexibility index (Phi) is 0.799. The largest absolute Gasteiger partial charge is 0.198 e. The van der Waals surface area contributed by atoms with E-state index >= 15 is 0 Å². The fourth-order valence-corrected chi connectivity index (χ4v) is 15.7. The average molecular weight is 285 g/mol. The van der Waals surface area contributed by atoms with Gasteiger partial charge in [-0.3, -0.25) is 0 Å². The van der Waals surface area contributed by atoms with Crippen molar-refractivity contribution >= 4 is 0 Å². The van der Waals surface area contributed by atoms with E-state index < -0.39 is 0 Å². The normalized spacial score (nSPS) is 102. The summed E-state index contributed by atoms with van der Waals surface area (Å²) in [4.78, 5) is 0. The van der Waals surface area contributed by atoms with E-state index in [4.69, 9.17) is 0 Å². The second-order valence-corrected chi connectivity index (χ2v) is 11.9. The third-order valence-electron chi connectivity index (χ3n) is 13.7. The minimum atomic E-state index is 0.248. The molecule has 0 aliphatic heterocycles. The average Bonchev–Trinajstić information content (AvgIpc) is 3.18. The van der Waals surface area contributed by atoms with Crippen molar-refractivity contribution in [1.29, 1.82) is 5.26 Å². The van der Waals surface area contributed by atoms with E-state index in [-0.39, 0.29) is 5.41 Å². The summed E-state index contributed by atoms with van der Waals surface area (Å²) >= 11 is 0. The van der Waals surface area contributed by atoms with Crippen LogP contribution in [0.1, 0.15) is 0 Å². The quantitative estimate of drug-likeness (QED) is 0.670. The van der Waals surface area contributed by atoms with Crippen molar-refractivity contribution in [2.45, 2.75) is 0 Å². The molecule has 0 radical (unpaired) electrons. The molecular weight excluding hydrogens is 266 g/mol. The molecule has 0 amide bonds. The summed E-state index contributed by atoms with van der Waals surface area (Å²) in [5, 5.41) is 10.5. The minimum Gasteiger partial charge on any atom is -0.198 e.